The summed E-state index contributed by atoms with van der Waals surface area (Å²) in [7, 11) is 0. The van der Waals surface area contributed by atoms with Gasteiger partial charge in [0.05, 0.1) is 5.56 Å². The van der Waals surface area contributed by atoms with Crippen LogP contribution in [0.5, 0.6) is 17.2 Å². The highest BCUT2D eigenvalue weighted by atomic mass is 16.5. The Kier molecular flexibility index (Phi) is 5.42. The average molecular weight is 350 g/mol. The molecule has 26 heavy (non-hydrogen) atoms. The van der Waals surface area contributed by atoms with Gasteiger partial charge in [-0.1, -0.05) is 50.1 Å². The Hall–Kier alpha value is -3.01. The van der Waals surface area contributed by atoms with Gasteiger partial charge in [0, 0.05) is 10.8 Å². The monoisotopic (exact) mass is 350 g/mol. The number of hydrogen-bond acceptors (Lipinski definition) is 4. The van der Waals surface area contributed by atoms with Gasteiger partial charge in [-0.15, -0.1) is 0 Å². The maximum atomic E-state index is 12.9. The lowest BCUT2D eigenvalue weighted by molar-refractivity contribution is 0.0735. The summed E-state index contributed by atoms with van der Waals surface area (Å²) in [5.74, 6) is -0.426. The number of benzene rings is 3. The molecular formula is C22H22O4. The predicted molar refractivity (Wildman–Crippen MR) is 102 cm³/mol. The summed E-state index contributed by atoms with van der Waals surface area (Å²) in [6.45, 7) is 2.13. The first-order valence-electron chi connectivity index (χ1n) is 8.85. The first-order valence-corrected chi connectivity index (χ1v) is 8.85. The fourth-order valence-corrected chi connectivity index (χ4v) is 3.08. The number of phenolic OH excluding ortho intramolecular Hbond substituents is 2. The van der Waals surface area contributed by atoms with Crippen LogP contribution >= 0.6 is 0 Å². The zero-order chi connectivity index (χ0) is 18.5. The number of ether oxygens (including phenoxy) is 1. The van der Waals surface area contributed by atoms with Crippen LogP contribution in [0.1, 0.15) is 42.1 Å². The first-order chi connectivity index (χ1) is 12.6. The number of unbranched alkanes of at least 4 members (excludes halogenated alkanes) is 2. The molecule has 3 aromatic carbocycles. The molecule has 0 unspecified atom stereocenters. The molecule has 0 radical (unpaired) electrons. The van der Waals surface area contributed by atoms with E-state index in [0.717, 1.165) is 31.2 Å². The Bertz CT molecular complexity index is 916. The van der Waals surface area contributed by atoms with E-state index in [4.69, 9.17) is 4.74 Å². The molecule has 0 saturated carbocycles. The number of carbonyl (C=O) groups is 1. The number of fused-ring (bicyclic) bond motifs is 1. The summed E-state index contributed by atoms with van der Waals surface area (Å²) >= 11 is 0. The highest BCUT2D eigenvalue weighted by Gasteiger charge is 2.20. The molecule has 0 aliphatic heterocycles. The molecule has 2 N–H and O–H groups in total. The van der Waals surface area contributed by atoms with Gasteiger partial charge in [0.15, 0.2) is 11.5 Å². The van der Waals surface area contributed by atoms with Crippen molar-refractivity contribution in [3.05, 3.63) is 65.7 Å². The minimum Gasteiger partial charge on any atom is -0.504 e. The lowest BCUT2D eigenvalue weighted by Crippen LogP contribution is -2.12. The van der Waals surface area contributed by atoms with Gasteiger partial charge >= 0.3 is 5.97 Å². The third kappa shape index (κ3) is 3.64. The number of rotatable bonds is 6. The quantitative estimate of drug-likeness (QED) is 0.277. The Morgan fingerprint density at radius 1 is 0.923 bits per heavy atom. The minimum atomic E-state index is -0.460. The van der Waals surface area contributed by atoms with Gasteiger partial charge < -0.3 is 14.9 Å². The van der Waals surface area contributed by atoms with E-state index in [9.17, 15) is 15.0 Å². The summed E-state index contributed by atoms with van der Waals surface area (Å²) in [5, 5.41) is 20.9. The second kappa shape index (κ2) is 7.91. The molecule has 4 nitrogen and oxygen atoms in total. The largest absolute Gasteiger partial charge is 0.504 e. The molecule has 0 atom stereocenters. The molecule has 0 aliphatic carbocycles. The first kappa shape index (κ1) is 17.8. The van der Waals surface area contributed by atoms with Gasteiger partial charge in [0.1, 0.15) is 5.75 Å². The van der Waals surface area contributed by atoms with Crippen molar-refractivity contribution in [1.82, 2.24) is 0 Å². The number of esters is 1. The number of phenols is 2. The molecular weight excluding hydrogens is 328 g/mol. The Balaban J connectivity index is 2.07. The van der Waals surface area contributed by atoms with Crippen LogP contribution in [-0.2, 0) is 6.42 Å². The summed E-state index contributed by atoms with van der Waals surface area (Å²) in [6.07, 6.45) is 3.89. The summed E-state index contributed by atoms with van der Waals surface area (Å²) in [4.78, 5) is 12.9. The third-order valence-electron chi connectivity index (χ3n) is 4.44. The number of hydrogen-bond donors (Lipinski definition) is 2. The zero-order valence-corrected chi connectivity index (χ0v) is 14.7. The summed E-state index contributed by atoms with van der Waals surface area (Å²) in [6, 6.07) is 15.5. The molecule has 4 heteroatoms. The van der Waals surface area contributed by atoms with E-state index in [1.165, 1.54) is 6.07 Å². The molecule has 0 saturated heterocycles. The lowest BCUT2D eigenvalue weighted by Gasteiger charge is -2.14. The van der Waals surface area contributed by atoms with Crippen LogP contribution in [0.3, 0.4) is 0 Å². The highest BCUT2D eigenvalue weighted by molar-refractivity contribution is 6.08. The molecule has 3 rings (SSSR count). The lowest BCUT2D eigenvalue weighted by atomic mass is 9.94. The average Bonchev–Trinajstić information content (AvgIpc) is 2.65. The van der Waals surface area contributed by atoms with Crippen molar-refractivity contribution in [2.24, 2.45) is 0 Å². The van der Waals surface area contributed by atoms with E-state index in [-0.39, 0.29) is 11.5 Å². The standard InChI is InChI=1S/C22H22O4/c1-2-3-5-8-15-11-12-18-17(13-14-19(23)21(18)24)20(15)22(25)26-16-9-6-4-7-10-16/h4,6-7,9-14,23-24H,2-3,5,8H2,1H3. The maximum absolute atomic E-state index is 12.9. The van der Waals surface area contributed by atoms with Gasteiger partial charge in [0.2, 0.25) is 0 Å². The molecule has 0 spiro atoms. The second-order valence-electron chi connectivity index (χ2n) is 6.29. The van der Waals surface area contributed by atoms with E-state index < -0.39 is 5.97 Å². The molecule has 3 aromatic rings. The van der Waals surface area contributed by atoms with Crippen LogP contribution in [0, 0.1) is 0 Å². The fraction of sp³-hybridized carbons (Fsp3) is 0.227. The van der Waals surface area contributed by atoms with Crippen molar-refractivity contribution in [3.63, 3.8) is 0 Å². The molecule has 0 amide bonds. The molecule has 0 fully saturated rings. The molecule has 0 bridgehead atoms. The zero-order valence-electron chi connectivity index (χ0n) is 14.7. The van der Waals surface area contributed by atoms with Gasteiger partial charge in [-0.25, -0.2) is 4.79 Å². The highest BCUT2D eigenvalue weighted by Crippen LogP contribution is 2.36. The Morgan fingerprint density at radius 3 is 2.38 bits per heavy atom. The smallest absolute Gasteiger partial charge is 0.344 e. The van der Waals surface area contributed by atoms with Gasteiger partial charge in [0.25, 0.3) is 0 Å². The Labute approximate surface area is 152 Å². The van der Waals surface area contributed by atoms with Crippen molar-refractivity contribution in [2.75, 3.05) is 0 Å². The van der Waals surface area contributed by atoms with Crippen LogP contribution in [0.25, 0.3) is 10.8 Å². The van der Waals surface area contributed by atoms with Crippen molar-refractivity contribution in [2.45, 2.75) is 32.6 Å². The van der Waals surface area contributed by atoms with E-state index >= 15 is 0 Å². The number of carbonyl (C=O) groups excluding carboxylic acids is 1. The van der Waals surface area contributed by atoms with Crippen molar-refractivity contribution in [1.29, 1.82) is 0 Å². The minimum absolute atomic E-state index is 0.210. The second-order valence-corrected chi connectivity index (χ2v) is 6.29. The van der Waals surface area contributed by atoms with Gasteiger partial charge in [-0.05, 0) is 42.7 Å². The number of aromatic hydroxyl groups is 2. The normalized spacial score (nSPS) is 10.8. The number of para-hydroxylation sites is 1. The van der Waals surface area contributed by atoms with Crippen molar-refractivity contribution in [3.8, 4) is 17.2 Å². The van der Waals surface area contributed by atoms with Crippen molar-refractivity contribution >= 4 is 16.7 Å². The Morgan fingerprint density at radius 2 is 1.65 bits per heavy atom. The fourth-order valence-electron chi connectivity index (χ4n) is 3.08. The van der Waals surface area contributed by atoms with Gasteiger partial charge in [-0.3, -0.25) is 0 Å². The van der Waals surface area contributed by atoms with Crippen molar-refractivity contribution < 1.29 is 19.7 Å². The maximum Gasteiger partial charge on any atom is 0.344 e. The van der Waals surface area contributed by atoms with E-state index in [1.54, 1.807) is 36.4 Å². The van der Waals surface area contributed by atoms with Gasteiger partial charge in [-0.2, -0.15) is 0 Å². The van der Waals surface area contributed by atoms with E-state index in [2.05, 4.69) is 6.92 Å². The summed E-state index contributed by atoms with van der Waals surface area (Å²) < 4.78 is 5.54. The van der Waals surface area contributed by atoms with Crippen LogP contribution < -0.4 is 4.74 Å². The topological polar surface area (TPSA) is 66.8 Å². The van der Waals surface area contributed by atoms with E-state index in [0.29, 0.717) is 22.1 Å². The van der Waals surface area contributed by atoms with Crippen LogP contribution in [-0.4, -0.2) is 16.2 Å². The third-order valence-corrected chi connectivity index (χ3v) is 4.44. The van der Waals surface area contributed by atoms with Crippen LogP contribution in [0.4, 0.5) is 0 Å². The number of aryl methyl sites for hydroxylation is 1. The van der Waals surface area contributed by atoms with Crippen LogP contribution in [0.2, 0.25) is 0 Å². The molecule has 0 heterocycles. The molecule has 134 valence electrons. The van der Waals surface area contributed by atoms with Crippen LogP contribution in [0.15, 0.2) is 54.6 Å². The SMILES string of the molecule is CCCCCc1ccc2c(O)c(O)ccc2c1C(=O)Oc1ccccc1. The molecule has 0 aromatic heterocycles. The van der Waals surface area contributed by atoms with E-state index in [1.807, 2.05) is 12.1 Å². The summed E-state index contributed by atoms with van der Waals surface area (Å²) in [5.41, 5.74) is 1.33. The predicted octanol–water partition coefficient (Wildman–Crippen LogP) is 5.20. The molecule has 0 aliphatic rings.